The van der Waals surface area contributed by atoms with Gasteiger partial charge in [-0.15, -0.1) is 0 Å². The number of halogens is 1. The van der Waals surface area contributed by atoms with E-state index in [9.17, 15) is 0 Å². The Morgan fingerprint density at radius 1 is 1.37 bits per heavy atom. The number of hydrogen-bond acceptors (Lipinski definition) is 2. The molecule has 0 fully saturated rings. The molecule has 2 unspecified atom stereocenters. The van der Waals surface area contributed by atoms with Crippen molar-refractivity contribution < 1.29 is 4.74 Å². The van der Waals surface area contributed by atoms with E-state index < -0.39 is 0 Å². The summed E-state index contributed by atoms with van der Waals surface area (Å²) < 4.78 is 6.99. The maximum atomic E-state index is 5.82. The molecule has 2 nitrogen and oxygen atoms in total. The maximum Gasteiger partial charge on any atom is 0.125 e. The highest BCUT2D eigenvalue weighted by Crippen LogP contribution is 2.34. The minimum absolute atomic E-state index is 0.584. The van der Waals surface area contributed by atoms with Crippen LogP contribution in [-0.4, -0.2) is 19.2 Å². The van der Waals surface area contributed by atoms with Gasteiger partial charge in [-0.2, -0.15) is 0 Å². The van der Waals surface area contributed by atoms with Crippen LogP contribution in [0.1, 0.15) is 38.3 Å². The third-order valence-electron chi connectivity index (χ3n) is 3.96. The molecule has 1 aromatic rings. The number of hydrogen-bond donors (Lipinski definition) is 1. The minimum Gasteiger partial charge on any atom is -0.493 e. The summed E-state index contributed by atoms with van der Waals surface area (Å²) in [6.45, 7) is 8.63. The molecule has 19 heavy (non-hydrogen) atoms. The minimum atomic E-state index is 0.584. The molecule has 1 heterocycles. The molecule has 1 aromatic carbocycles. The van der Waals surface area contributed by atoms with Crippen LogP contribution in [0.15, 0.2) is 16.6 Å². The molecule has 106 valence electrons. The van der Waals surface area contributed by atoms with Crippen LogP contribution in [0.4, 0.5) is 0 Å². The summed E-state index contributed by atoms with van der Waals surface area (Å²) in [6, 6.07) is 5.00. The Morgan fingerprint density at radius 3 is 2.84 bits per heavy atom. The Hall–Kier alpha value is -0.540. The van der Waals surface area contributed by atoms with Crippen LogP contribution in [0.3, 0.4) is 0 Å². The first kappa shape index (κ1) is 14.9. The lowest BCUT2D eigenvalue weighted by atomic mass is 9.91. The summed E-state index contributed by atoms with van der Waals surface area (Å²) >= 11 is 3.62. The number of benzene rings is 1. The molecule has 0 saturated heterocycles. The zero-order valence-electron chi connectivity index (χ0n) is 12.1. The highest BCUT2D eigenvalue weighted by Gasteiger charge is 2.21. The second kappa shape index (κ2) is 6.76. The fraction of sp³-hybridized carbons (Fsp3) is 0.625. The van der Waals surface area contributed by atoms with Crippen molar-refractivity contribution in [3.05, 3.63) is 27.7 Å². The number of fused-ring (bicyclic) bond motifs is 1. The predicted octanol–water partition coefficient (Wildman–Crippen LogP) is 3.95. The second-order valence-electron chi connectivity index (χ2n) is 5.41. The van der Waals surface area contributed by atoms with Gasteiger partial charge < -0.3 is 10.1 Å². The van der Waals surface area contributed by atoms with E-state index in [1.807, 2.05) is 0 Å². The molecule has 0 bridgehead atoms. The van der Waals surface area contributed by atoms with E-state index in [-0.39, 0.29) is 0 Å². The summed E-state index contributed by atoms with van der Waals surface area (Å²) in [6.07, 6.45) is 3.29. The Bertz CT molecular complexity index is 433. The summed E-state index contributed by atoms with van der Waals surface area (Å²) in [5.74, 6) is 1.76. The standard InChI is InChI=1S/C16H24BrNO/c1-4-15(18-5-2)11(3)8-13-10-14(17)9-12-6-7-19-16(12)13/h9-11,15,18H,4-8H2,1-3H3. The lowest BCUT2D eigenvalue weighted by Gasteiger charge is -2.24. The summed E-state index contributed by atoms with van der Waals surface area (Å²) in [7, 11) is 0. The highest BCUT2D eigenvalue weighted by atomic mass is 79.9. The molecule has 1 aliphatic heterocycles. The van der Waals surface area contributed by atoms with Crippen LogP contribution in [0.25, 0.3) is 0 Å². The Labute approximate surface area is 125 Å². The molecule has 3 heteroatoms. The summed E-state index contributed by atoms with van der Waals surface area (Å²) in [4.78, 5) is 0. The molecule has 0 saturated carbocycles. The molecule has 1 N–H and O–H groups in total. The monoisotopic (exact) mass is 325 g/mol. The Kier molecular flexibility index (Phi) is 5.28. The average Bonchev–Trinajstić information content (AvgIpc) is 2.83. The molecule has 2 rings (SSSR count). The van der Waals surface area contributed by atoms with Gasteiger partial charge >= 0.3 is 0 Å². The third kappa shape index (κ3) is 3.51. The van der Waals surface area contributed by atoms with Gasteiger partial charge in [-0.25, -0.2) is 0 Å². The maximum absolute atomic E-state index is 5.82. The molecular weight excluding hydrogens is 302 g/mol. The fourth-order valence-corrected chi connectivity index (χ4v) is 3.55. The quantitative estimate of drug-likeness (QED) is 0.855. The molecule has 0 spiro atoms. The smallest absolute Gasteiger partial charge is 0.125 e. The largest absolute Gasteiger partial charge is 0.493 e. The predicted molar refractivity (Wildman–Crippen MR) is 84.0 cm³/mol. The van der Waals surface area contributed by atoms with E-state index in [1.165, 1.54) is 22.0 Å². The molecular formula is C16H24BrNO. The van der Waals surface area contributed by atoms with Gasteiger partial charge in [-0.1, -0.05) is 36.7 Å². The van der Waals surface area contributed by atoms with Crippen LogP contribution in [0.2, 0.25) is 0 Å². The van der Waals surface area contributed by atoms with Crippen molar-refractivity contribution in [2.45, 2.75) is 46.1 Å². The van der Waals surface area contributed by atoms with Crippen LogP contribution >= 0.6 is 15.9 Å². The number of ether oxygens (including phenoxy) is 1. The lowest BCUT2D eigenvalue weighted by molar-refractivity contribution is 0.341. The first-order chi connectivity index (χ1) is 9.15. The van der Waals surface area contributed by atoms with Crippen molar-refractivity contribution in [2.24, 2.45) is 5.92 Å². The zero-order valence-corrected chi connectivity index (χ0v) is 13.7. The molecule has 0 aromatic heterocycles. The van der Waals surface area contributed by atoms with Crippen molar-refractivity contribution in [3.63, 3.8) is 0 Å². The van der Waals surface area contributed by atoms with Gasteiger partial charge in [0.1, 0.15) is 5.75 Å². The van der Waals surface area contributed by atoms with Gasteiger partial charge in [0.05, 0.1) is 6.61 Å². The Balaban J connectivity index is 2.14. The normalized spacial score (nSPS) is 16.8. The van der Waals surface area contributed by atoms with Crippen molar-refractivity contribution in [1.29, 1.82) is 0 Å². The van der Waals surface area contributed by atoms with Gasteiger partial charge in [0.2, 0.25) is 0 Å². The van der Waals surface area contributed by atoms with E-state index in [0.29, 0.717) is 12.0 Å². The van der Waals surface area contributed by atoms with E-state index in [4.69, 9.17) is 4.74 Å². The van der Waals surface area contributed by atoms with Crippen LogP contribution in [0, 0.1) is 5.92 Å². The van der Waals surface area contributed by atoms with Crippen molar-refractivity contribution in [1.82, 2.24) is 5.32 Å². The van der Waals surface area contributed by atoms with E-state index in [0.717, 1.165) is 31.7 Å². The van der Waals surface area contributed by atoms with E-state index >= 15 is 0 Å². The second-order valence-corrected chi connectivity index (χ2v) is 6.32. The fourth-order valence-electron chi connectivity index (χ4n) is 3.00. The average molecular weight is 326 g/mol. The first-order valence-corrected chi connectivity index (χ1v) is 8.12. The molecule has 2 atom stereocenters. The van der Waals surface area contributed by atoms with Crippen LogP contribution < -0.4 is 10.1 Å². The van der Waals surface area contributed by atoms with Crippen molar-refractivity contribution >= 4 is 15.9 Å². The van der Waals surface area contributed by atoms with Crippen LogP contribution in [0.5, 0.6) is 5.75 Å². The zero-order chi connectivity index (χ0) is 13.8. The highest BCUT2D eigenvalue weighted by molar-refractivity contribution is 9.10. The molecule has 0 radical (unpaired) electrons. The summed E-state index contributed by atoms with van der Waals surface area (Å²) in [5, 5.41) is 3.58. The van der Waals surface area contributed by atoms with Gasteiger partial charge in [0.25, 0.3) is 0 Å². The first-order valence-electron chi connectivity index (χ1n) is 7.33. The van der Waals surface area contributed by atoms with Gasteiger partial charge in [0.15, 0.2) is 0 Å². The SMILES string of the molecule is CCNC(CC)C(C)Cc1cc(Br)cc2c1OCC2. The number of rotatable bonds is 6. The third-order valence-corrected chi connectivity index (χ3v) is 4.42. The van der Waals surface area contributed by atoms with E-state index in [1.54, 1.807) is 0 Å². The summed E-state index contributed by atoms with van der Waals surface area (Å²) in [5.41, 5.74) is 2.71. The van der Waals surface area contributed by atoms with Gasteiger partial charge in [0, 0.05) is 16.9 Å². The van der Waals surface area contributed by atoms with E-state index in [2.05, 4.69) is 54.2 Å². The van der Waals surface area contributed by atoms with Crippen LogP contribution in [-0.2, 0) is 12.8 Å². The lowest BCUT2D eigenvalue weighted by Crippen LogP contribution is -2.35. The van der Waals surface area contributed by atoms with Gasteiger partial charge in [-0.05, 0) is 48.6 Å². The number of nitrogens with one attached hydrogen (secondary N) is 1. The molecule has 0 amide bonds. The van der Waals surface area contributed by atoms with Crippen molar-refractivity contribution in [3.8, 4) is 5.75 Å². The van der Waals surface area contributed by atoms with Gasteiger partial charge in [-0.3, -0.25) is 0 Å². The molecule has 0 aliphatic carbocycles. The topological polar surface area (TPSA) is 21.3 Å². The van der Waals surface area contributed by atoms with Crippen molar-refractivity contribution in [2.75, 3.05) is 13.2 Å². The Morgan fingerprint density at radius 2 is 2.16 bits per heavy atom. The molecule has 1 aliphatic rings.